The number of benzene rings is 1. The van der Waals surface area contributed by atoms with E-state index in [2.05, 4.69) is 10.3 Å². The molecular formula is C19H23Cl2F3N4O. The number of amides is 1. The van der Waals surface area contributed by atoms with E-state index in [-0.39, 0.29) is 36.8 Å². The molecule has 1 fully saturated rings. The monoisotopic (exact) mass is 450 g/mol. The van der Waals surface area contributed by atoms with Gasteiger partial charge in [0, 0.05) is 36.6 Å². The van der Waals surface area contributed by atoms with Gasteiger partial charge in [-0.3, -0.25) is 4.79 Å². The van der Waals surface area contributed by atoms with Crippen LogP contribution in [0.4, 0.5) is 24.7 Å². The van der Waals surface area contributed by atoms with Gasteiger partial charge in [0.2, 0.25) is 0 Å². The molecule has 1 aliphatic rings. The molecule has 29 heavy (non-hydrogen) atoms. The molecule has 0 atom stereocenters. The smallest absolute Gasteiger partial charge is 0.399 e. The lowest BCUT2D eigenvalue weighted by atomic mass is 10.0. The van der Waals surface area contributed by atoms with Gasteiger partial charge in [0.05, 0.1) is 5.56 Å². The number of rotatable bonds is 3. The van der Waals surface area contributed by atoms with Crippen molar-refractivity contribution in [3.63, 3.8) is 0 Å². The van der Waals surface area contributed by atoms with Crippen LogP contribution in [-0.4, -0.2) is 30.0 Å². The van der Waals surface area contributed by atoms with E-state index in [9.17, 15) is 18.0 Å². The van der Waals surface area contributed by atoms with Gasteiger partial charge in [-0.05, 0) is 49.6 Å². The van der Waals surface area contributed by atoms with Gasteiger partial charge < -0.3 is 16.0 Å². The molecule has 0 aliphatic carbocycles. The number of carbonyl (C=O) groups is 1. The topological polar surface area (TPSA) is 71.2 Å². The maximum absolute atomic E-state index is 12.6. The molecule has 1 aromatic carbocycles. The second kappa shape index (κ2) is 10.0. The number of pyridine rings is 1. The Morgan fingerprint density at radius 2 is 1.83 bits per heavy atom. The Morgan fingerprint density at radius 3 is 2.38 bits per heavy atom. The number of piperidine rings is 1. The van der Waals surface area contributed by atoms with Crippen LogP contribution in [0.1, 0.15) is 34.3 Å². The maximum Gasteiger partial charge on any atom is 0.417 e. The lowest BCUT2D eigenvalue weighted by Crippen LogP contribution is -2.45. The molecule has 0 unspecified atom stereocenters. The highest BCUT2D eigenvalue weighted by Gasteiger charge is 2.31. The van der Waals surface area contributed by atoms with Crippen LogP contribution < -0.4 is 16.0 Å². The average Bonchev–Trinajstić information content (AvgIpc) is 2.63. The molecule has 3 N–H and O–H groups in total. The van der Waals surface area contributed by atoms with Crippen LogP contribution in [0.2, 0.25) is 0 Å². The highest BCUT2D eigenvalue weighted by Crippen LogP contribution is 2.29. The van der Waals surface area contributed by atoms with Crippen molar-refractivity contribution in [2.45, 2.75) is 32.0 Å². The summed E-state index contributed by atoms with van der Waals surface area (Å²) >= 11 is 0. The summed E-state index contributed by atoms with van der Waals surface area (Å²) in [6.07, 6.45) is -2.15. The highest BCUT2D eigenvalue weighted by molar-refractivity contribution is 5.96. The van der Waals surface area contributed by atoms with Crippen LogP contribution in [0.15, 0.2) is 36.5 Å². The van der Waals surface area contributed by atoms with Crippen LogP contribution in [0.5, 0.6) is 0 Å². The first kappa shape index (κ1) is 24.8. The Balaban J connectivity index is 0.00000210. The highest BCUT2D eigenvalue weighted by atomic mass is 35.5. The number of aromatic nitrogens is 1. The summed E-state index contributed by atoms with van der Waals surface area (Å²) in [6.45, 7) is 3.08. The fourth-order valence-corrected chi connectivity index (χ4v) is 3.14. The summed E-state index contributed by atoms with van der Waals surface area (Å²) in [4.78, 5) is 18.3. The summed E-state index contributed by atoms with van der Waals surface area (Å²) in [5.74, 6) is 0.352. The van der Waals surface area contributed by atoms with Gasteiger partial charge in [0.1, 0.15) is 5.82 Å². The molecule has 1 amide bonds. The SMILES string of the molecule is Cc1ccc(N)cc1C(=O)NC1CCN(c2ccc(C(F)(F)F)cn2)CC1.Cl.Cl. The quantitative estimate of drug-likeness (QED) is 0.686. The molecule has 0 spiro atoms. The minimum atomic E-state index is -4.39. The molecule has 0 saturated carbocycles. The number of halogens is 5. The van der Waals surface area contributed by atoms with Gasteiger partial charge in [-0.1, -0.05) is 6.07 Å². The number of carbonyl (C=O) groups excluding carboxylic acids is 1. The van der Waals surface area contributed by atoms with Crippen molar-refractivity contribution in [3.8, 4) is 0 Å². The molecule has 1 aromatic heterocycles. The zero-order valence-corrected chi connectivity index (χ0v) is 17.3. The minimum absolute atomic E-state index is 0. The number of nitrogen functional groups attached to an aromatic ring is 1. The Bertz CT molecular complexity index is 823. The van der Waals surface area contributed by atoms with Crippen molar-refractivity contribution in [3.05, 3.63) is 53.2 Å². The normalized spacial score (nSPS) is 14.6. The number of hydrogen-bond acceptors (Lipinski definition) is 4. The third-order valence-electron chi connectivity index (χ3n) is 4.74. The van der Waals surface area contributed by atoms with Crippen molar-refractivity contribution < 1.29 is 18.0 Å². The minimum Gasteiger partial charge on any atom is -0.399 e. The Morgan fingerprint density at radius 1 is 1.17 bits per heavy atom. The van der Waals surface area contributed by atoms with Crippen LogP contribution >= 0.6 is 24.8 Å². The summed E-state index contributed by atoms with van der Waals surface area (Å²) in [6, 6.07) is 7.65. The van der Waals surface area contributed by atoms with Crippen LogP contribution in [0, 0.1) is 6.92 Å². The lowest BCUT2D eigenvalue weighted by molar-refractivity contribution is -0.137. The fourth-order valence-electron chi connectivity index (χ4n) is 3.14. The summed E-state index contributed by atoms with van der Waals surface area (Å²) in [5, 5.41) is 3.01. The summed E-state index contributed by atoms with van der Waals surface area (Å²) in [5.41, 5.74) is 6.94. The van der Waals surface area contributed by atoms with Gasteiger partial charge in [-0.25, -0.2) is 4.98 Å². The number of anilines is 2. The molecule has 1 aliphatic heterocycles. The van der Waals surface area contributed by atoms with E-state index in [1.54, 1.807) is 12.1 Å². The molecule has 10 heteroatoms. The Kier molecular flexibility index (Phi) is 8.59. The van der Waals surface area contributed by atoms with Gasteiger partial charge >= 0.3 is 6.18 Å². The number of aryl methyl sites for hydroxylation is 1. The Labute approximate surface area is 179 Å². The van der Waals surface area contributed by atoms with E-state index in [0.717, 1.165) is 17.8 Å². The first-order valence-corrected chi connectivity index (χ1v) is 8.69. The molecule has 5 nitrogen and oxygen atoms in total. The van der Waals surface area contributed by atoms with E-state index in [1.807, 2.05) is 17.9 Å². The fraction of sp³-hybridized carbons (Fsp3) is 0.368. The van der Waals surface area contributed by atoms with Crippen molar-refractivity contribution in [1.29, 1.82) is 0 Å². The van der Waals surface area contributed by atoms with Crippen molar-refractivity contribution >= 4 is 42.2 Å². The van der Waals surface area contributed by atoms with E-state index >= 15 is 0 Å². The predicted octanol–water partition coefficient (Wildman–Crippen LogP) is 4.23. The number of nitrogens with zero attached hydrogens (tertiary/aromatic N) is 2. The van der Waals surface area contributed by atoms with E-state index < -0.39 is 11.7 Å². The number of nitrogens with two attached hydrogens (primary N) is 1. The largest absolute Gasteiger partial charge is 0.417 e. The number of hydrogen-bond donors (Lipinski definition) is 2. The second-order valence-electron chi connectivity index (χ2n) is 6.71. The van der Waals surface area contributed by atoms with E-state index in [4.69, 9.17) is 5.73 Å². The molecule has 0 radical (unpaired) electrons. The van der Waals surface area contributed by atoms with Crippen molar-refractivity contribution in [2.75, 3.05) is 23.7 Å². The van der Waals surface area contributed by atoms with Gasteiger partial charge in [0.15, 0.2) is 0 Å². The molecule has 3 rings (SSSR count). The van der Waals surface area contributed by atoms with Crippen molar-refractivity contribution in [1.82, 2.24) is 10.3 Å². The second-order valence-corrected chi connectivity index (χ2v) is 6.71. The van der Waals surface area contributed by atoms with Crippen LogP contribution in [0.25, 0.3) is 0 Å². The third kappa shape index (κ3) is 6.14. The molecule has 2 aromatic rings. The van der Waals surface area contributed by atoms with Crippen LogP contribution in [-0.2, 0) is 6.18 Å². The lowest BCUT2D eigenvalue weighted by Gasteiger charge is -2.33. The van der Waals surface area contributed by atoms with Gasteiger partial charge in [0.25, 0.3) is 5.91 Å². The maximum atomic E-state index is 12.6. The standard InChI is InChI=1S/C19H21F3N4O.2ClH/c1-12-2-4-14(23)10-16(12)18(27)25-15-6-8-26(9-7-15)17-5-3-13(11-24-17)19(20,21)22;;/h2-5,10-11,15H,6-9,23H2,1H3,(H,25,27);2*1H. The van der Waals surface area contributed by atoms with Crippen molar-refractivity contribution in [2.24, 2.45) is 0 Å². The van der Waals surface area contributed by atoms with E-state index in [0.29, 0.717) is 43.0 Å². The molecule has 160 valence electrons. The van der Waals surface area contributed by atoms with Gasteiger partial charge in [-0.15, -0.1) is 24.8 Å². The molecule has 0 bridgehead atoms. The number of nitrogens with one attached hydrogen (secondary N) is 1. The average molecular weight is 451 g/mol. The van der Waals surface area contributed by atoms with Gasteiger partial charge in [-0.2, -0.15) is 13.2 Å². The molecule has 1 saturated heterocycles. The predicted molar refractivity (Wildman–Crippen MR) is 112 cm³/mol. The van der Waals surface area contributed by atoms with Crippen LogP contribution in [0.3, 0.4) is 0 Å². The number of alkyl halides is 3. The summed E-state index contributed by atoms with van der Waals surface area (Å²) in [7, 11) is 0. The first-order chi connectivity index (χ1) is 12.7. The zero-order valence-electron chi connectivity index (χ0n) is 15.7. The zero-order chi connectivity index (χ0) is 19.6. The molecular weight excluding hydrogens is 428 g/mol. The first-order valence-electron chi connectivity index (χ1n) is 8.69. The third-order valence-corrected chi connectivity index (χ3v) is 4.74. The van der Waals surface area contributed by atoms with E-state index in [1.165, 1.54) is 6.07 Å². The summed E-state index contributed by atoms with van der Waals surface area (Å²) < 4.78 is 37.9. The molecule has 2 heterocycles. The Hall–Kier alpha value is -2.19.